The third kappa shape index (κ3) is 8.47. The molecule has 7 nitrogen and oxygen atoms in total. The first-order valence-corrected chi connectivity index (χ1v) is 10.4. The Bertz CT molecular complexity index is 649. The number of guanidine groups is 1. The maximum atomic E-state index is 5.81. The number of methoxy groups -OCH3 is 2. The number of nitrogens with one attached hydrogen (secondary N) is 2. The Morgan fingerprint density at radius 3 is 2.60 bits per heavy atom. The monoisotopic (exact) mass is 535 g/mol. The molecule has 1 heterocycles. The largest absolute Gasteiger partial charge is 0.493 e. The van der Waals surface area contributed by atoms with Gasteiger partial charge < -0.3 is 29.6 Å². The molecule has 0 bridgehead atoms. The van der Waals surface area contributed by atoms with Crippen LogP contribution in [0.25, 0.3) is 0 Å². The second-order valence-corrected chi connectivity index (χ2v) is 7.79. The number of benzene rings is 1. The third-order valence-corrected chi connectivity index (χ3v) is 5.00. The van der Waals surface area contributed by atoms with E-state index in [4.69, 9.17) is 23.9 Å². The normalized spacial score (nSPS) is 16.7. The highest BCUT2D eigenvalue weighted by molar-refractivity contribution is 14.0. The first-order valence-electron chi connectivity index (χ1n) is 10.4. The summed E-state index contributed by atoms with van der Waals surface area (Å²) in [6, 6.07) is 6.04. The summed E-state index contributed by atoms with van der Waals surface area (Å²) in [4.78, 5) is 4.80. The highest BCUT2D eigenvalue weighted by Crippen LogP contribution is 2.33. The Hall–Kier alpha value is -1.26. The van der Waals surface area contributed by atoms with Crippen LogP contribution in [0.5, 0.6) is 11.5 Å². The van der Waals surface area contributed by atoms with Crippen molar-refractivity contribution < 1.29 is 18.9 Å². The molecule has 30 heavy (non-hydrogen) atoms. The molecule has 0 saturated carbocycles. The summed E-state index contributed by atoms with van der Waals surface area (Å²) in [5.41, 5.74) is 1.01. The molecular weight excluding hydrogens is 497 g/mol. The molecule has 1 atom stereocenters. The predicted molar refractivity (Wildman–Crippen MR) is 132 cm³/mol. The van der Waals surface area contributed by atoms with Gasteiger partial charge in [-0.05, 0) is 37.5 Å². The SMILES string of the molecule is CCNC(=NCC(C)(C)c1ccc(OC)c(OC)c1)NCCCOC1CCOC1.I. The minimum Gasteiger partial charge on any atom is -0.493 e. The molecule has 1 saturated heterocycles. The maximum Gasteiger partial charge on any atom is 0.191 e. The van der Waals surface area contributed by atoms with Crippen LogP contribution < -0.4 is 20.1 Å². The number of nitrogens with zero attached hydrogens (tertiary/aromatic N) is 1. The summed E-state index contributed by atoms with van der Waals surface area (Å²) < 4.78 is 21.9. The second kappa shape index (κ2) is 13.9. The number of ether oxygens (including phenoxy) is 4. The van der Waals surface area contributed by atoms with Gasteiger partial charge in [0, 0.05) is 31.7 Å². The smallest absolute Gasteiger partial charge is 0.191 e. The van der Waals surface area contributed by atoms with Crippen molar-refractivity contribution in [3.05, 3.63) is 23.8 Å². The van der Waals surface area contributed by atoms with Gasteiger partial charge in [-0.15, -0.1) is 24.0 Å². The highest BCUT2D eigenvalue weighted by atomic mass is 127. The summed E-state index contributed by atoms with van der Waals surface area (Å²) in [5, 5.41) is 6.71. The Labute approximate surface area is 198 Å². The first-order chi connectivity index (χ1) is 14.0. The van der Waals surface area contributed by atoms with E-state index in [1.165, 1.54) is 0 Å². The van der Waals surface area contributed by atoms with Crippen molar-refractivity contribution in [3.63, 3.8) is 0 Å². The lowest BCUT2D eigenvalue weighted by molar-refractivity contribution is 0.0420. The Kier molecular flexibility index (Phi) is 12.4. The van der Waals surface area contributed by atoms with Crippen LogP contribution in [0.2, 0.25) is 0 Å². The summed E-state index contributed by atoms with van der Waals surface area (Å²) in [5.74, 6) is 2.29. The fraction of sp³-hybridized carbons (Fsp3) is 0.682. The molecule has 2 N–H and O–H groups in total. The van der Waals surface area contributed by atoms with E-state index in [0.717, 1.165) is 68.8 Å². The summed E-state index contributed by atoms with van der Waals surface area (Å²) >= 11 is 0. The summed E-state index contributed by atoms with van der Waals surface area (Å²) in [7, 11) is 3.30. The lowest BCUT2D eigenvalue weighted by atomic mass is 9.84. The van der Waals surface area contributed by atoms with Crippen molar-refractivity contribution in [2.45, 2.75) is 45.1 Å². The number of hydrogen-bond donors (Lipinski definition) is 2. The molecular formula is C22H38IN3O4. The van der Waals surface area contributed by atoms with Crippen molar-refractivity contribution in [3.8, 4) is 11.5 Å². The molecule has 0 aromatic heterocycles. The molecule has 1 aromatic rings. The van der Waals surface area contributed by atoms with Gasteiger partial charge in [-0.1, -0.05) is 19.9 Å². The molecule has 0 radical (unpaired) electrons. The number of rotatable bonds is 11. The van der Waals surface area contributed by atoms with Crippen LogP contribution in [0.15, 0.2) is 23.2 Å². The topological polar surface area (TPSA) is 73.3 Å². The van der Waals surface area contributed by atoms with Crippen LogP contribution in [-0.2, 0) is 14.9 Å². The average Bonchev–Trinajstić information content (AvgIpc) is 3.24. The van der Waals surface area contributed by atoms with E-state index in [1.54, 1.807) is 14.2 Å². The molecule has 0 aliphatic carbocycles. The summed E-state index contributed by atoms with van der Waals surface area (Å²) in [6.45, 7) is 11.0. The number of hydrogen-bond acceptors (Lipinski definition) is 5. The quantitative estimate of drug-likeness (QED) is 0.196. The maximum absolute atomic E-state index is 5.81. The van der Waals surface area contributed by atoms with Gasteiger partial charge in [0.15, 0.2) is 17.5 Å². The van der Waals surface area contributed by atoms with Gasteiger partial charge >= 0.3 is 0 Å². The molecule has 172 valence electrons. The van der Waals surface area contributed by atoms with Gasteiger partial charge in [-0.2, -0.15) is 0 Å². The minimum atomic E-state index is -0.145. The number of halogens is 1. The van der Waals surface area contributed by atoms with Gasteiger partial charge in [0.25, 0.3) is 0 Å². The molecule has 1 aliphatic heterocycles. The first kappa shape index (κ1) is 26.8. The van der Waals surface area contributed by atoms with E-state index in [1.807, 2.05) is 12.1 Å². The molecule has 0 amide bonds. The average molecular weight is 535 g/mol. The van der Waals surface area contributed by atoms with E-state index in [0.29, 0.717) is 6.54 Å². The molecule has 1 fully saturated rings. The zero-order valence-corrected chi connectivity index (χ0v) is 21.3. The zero-order valence-electron chi connectivity index (χ0n) is 19.0. The van der Waals surface area contributed by atoms with Crippen LogP contribution in [-0.4, -0.2) is 65.7 Å². The van der Waals surface area contributed by atoms with E-state index in [2.05, 4.69) is 37.5 Å². The lowest BCUT2D eigenvalue weighted by Crippen LogP contribution is -2.39. The van der Waals surface area contributed by atoms with Gasteiger partial charge in [-0.25, -0.2) is 0 Å². The molecule has 1 aromatic carbocycles. The second-order valence-electron chi connectivity index (χ2n) is 7.79. The van der Waals surface area contributed by atoms with Crippen molar-refractivity contribution in [1.29, 1.82) is 0 Å². The standard InChI is InChI=1S/C22H37N3O4.HI/c1-6-23-21(24-11-7-12-29-18-10-13-28-15-18)25-16-22(2,3)17-8-9-19(26-4)20(14-17)27-5;/h8-9,14,18H,6-7,10-13,15-16H2,1-5H3,(H2,23,24,25);1H. The van der Waals surface area contributed by atoms with Gasteiger partial charge in [0.05, 0.1) is 33.5 Å². The predicted octanol–water partition coefficient (Wildman–Crippen LogP) is 3.35. The molecule has 2 rings (SSSR count). The van der Waals surface area contributed by atoms with Crippen molar-refractivity contribution in [2.75, 3.05) is 53.7 Å². The molecule has 8 heteroatoms. The van der Waals surface area contributed by atoms with Crippen molar-refractivity contribution >= 4 is 29.9 Å². The minimum absolute atomic E-state index is 0. The Morgan fingerprint density at radius 1 is 1.20 bits per heavy atom. The van der Waals surface area contributed by atoms with Crippen LogP contribution in [0.4, 0.5) is 0 Å². The van der Waals surface area contributed by atoms with Gasteiger partial charge in [-0.3, -0.25) is 4.99 Å². The Balaban J connectivity index is 0.00000450. The number of aliphatic imine (C=N–C) groups is 1. The van der Waals surface area contributed by atoms with Crippen LogP contribution in [0.3, 0.4) is 0 Å². The third-order valence-electron chi connectivity index (χ3n) is 5.00. The van der Waals surface area contributed by atoms with E-state index >= 15 is 0 Å². The Morgan fingerprint density at radius 2 is 1.97 bits per heavy atom. The van der Waals surface area contributed by atoms with Crippen LogP contribution in [0, 0.1) is 0 Å². The van der Waals surface area contributed by atoms with E-state index in [-0.39, 0.29) is 35.5 Å². The van der Waals surface area contributed by atoms with Crippen molar-refractivity contribution in [2.24, 2.45) is 4.99 Å². The van der Waals surface area contributed by atoms with Crippen molar-refractivity contribution in [1.82, 2.24) is 10.6 Å². The van der Waals surface area contributed by atoms with E-state index < -0.39 is 0 Å². The zero-order chi connectivity index (χ0) is 21.1. The fourth-order valence-corrected chi connectivity index (χ4v) is 3.14. The molecule has 1 aliphatic rings. The van der Waals surface area contributed by atoms with Crippen LogP contribution >= 0.6 is 24.0 Å². The van der Waals surface area contributed by atoms with Gasteiger partial charge in [0.1, 0.15) is 0 Å². The highest BCUT2D eigenvalue weighted by Gasteiger charge is 2.22. The van der Waals surface area contributed by atoms with Gasteiger partial charge in [0.2, 0.25) is 0 Å². The molecule has 0 spiro atoms. The summed E-state index contributed by atoms with van der Waals surface area (Å²) in [6.07, 6.45) is 2.20. The van der Waals surface area contributed by atoms with Crippen LogP contribution in [0.1, 0.15) is 39.2 Å². The molecule has 1 unspecified atom stereocenters. The lowest BCUT2D eigenvalue weighted by Gasteiger charge is -2.25. The van der Waals surface area contributed by atoms with E-state index in [9.17, 15) is 0 Å². The fourth-order valence-electron chi connectivity index (χ4n) is 3.14.